The minimum Gasteiger partial charge on any atom is -0.375 e. The highest BCUT2D eigenvalue weighted by Crippen LogP contribution is 2.30. The minimum absolute atomic E-state index is 0.0731. The normalized spacial score (nSPS) is 22.6. The zero-order valence-electron chi connectivity index (χ0n) is 10.3. The number of rotatable bonds is 2. The predicted octanol–water partition coefficient (Wildman–Crippen LogP) is 2.69. The van der Waals surface area contributed by atoms with Crippen LogP contribution in [0.3, 0.4) is 0 Å². The Bertz CT molecular complexity index is 395. The van der Waals surface area contributed by atoms with Crippen LogP contribution in [0.4, 0.5) is 5.69 Å². The van der Waals surface area contributed by atoms with E-state index in [4.69, 9.17) is 10.5 Å². The van der Waals surface area contributed by atoms with Crippen molar-refractivity contribution in [3.8, 4) is 0 Å². The van der Waals surface area contributed by atoms with Crippen LogP contribution in [0.15, 0.2) is 22.7 Å². The van der Waals surface area contributed by atoms with E-state index in [1.54, 1.807) is 0 Å². The molecular formula is C13H19BrN2O. The molecule has 2 rings (SSSR count). The predicted molar refractivity (Wildman–Crippen MR) is 74.4 cm³/mol. The molecule has 1 heterocycles. The van der Waals surface area contributed by atoms with E-state index < -0.39 is 0 Å². The smallest absolute Gasteiger partial charge is 0.0722 e. The molecule has 1 saturated heterocycles. The van der Waals surface area contributed by atoms with Gasteiger partial charge in [-0.3, -0.25) is 0 Å². The number of benzene rings is 1. The number of hydrogen-bond donors (Lipinski definition) is 1. The first-order chi connectivity index (χ1) is 8.08. The van der Waals surface area contributed by atoms with Gasteiger partial charge in [-0.1, -0.05) is 6.07 Å². The number of halogens is 1. The lowest BCUT2D eigenvalue weighted by atomic mass is 10.1. The van der Waals surface area contributed by atoms with Crippen molar-refractivity contribution in [3.05, 3.63) is 28.2 Å². The molecule has 0 spiro atoms. The van der Waals surface area contributed by atoms with E-state index in [1.807, 2.05) is 6.92 Å². The molecule has 2 N–H and O–H groups in total. The summed E-state index contributed by atoms with van der Waals surface area (Å²) in [7, 11) is 0. The van der Waals surface area contributed by atoms with Crippen molar-refractivity contribution in [2.75, 3.05) is 24.6 Å². The number of nitrogens with two attached hydrogens (primary N) is 1. The first kappa shape index (κ1) is 12.9. The maximum Gasteiger partial charge on any atom is 0.0722 e. The molecule has 1 fully saturated rings. The van der Waals surface area contributed by atoms with Gasteiger partial charge < -0.3 is 15.4 Å². The summed E-state index contributed by atoms with van der Waals surface area (Å²) in [5.74, 6) is 0. The third-order valence-electron chi connectivity index (χ3n) is 3.08. The summed E-state index contributed by atoms with van der Waals surface area (Å²) in [5, 5.41) is 0. The Labute approximate surface area is 111 Å². The number of hydrogen-bond acceptors (Lipinski definition) is 3. The van der Waals surface area contributed by atoms with Gasteiger partial charge in [0.25, 0.3) is 0 Å². The van der Waals surface area contributed by atoms with Crippen LogP contribution in [-0.2, 0) is 4.74 Å². The Balaban J connectivity index is 2.21. The molecule has 0 radical (unpaired) electrons. The third-order valence-corrected chi connectivity index (χ3v) is 3.71. The van der Waals surface area contributed by atoms with Crippen molar-refractivity contribution < 1.29 is 4.74 Å². The van der Waals surface area contributed by atoms with Crippen molar-refractivity contribution in [1.29, 1.82) is 0 Å². The van der Waals surface area contributed by atoms with Gasteiger partial charge in [0, 0.05) is 23.6 Å². The second-order valence-corrected chi connectivity index (χ2v) is 5.48. The highest BCUT2D eigenvalue weighted by molar-refractivity contribution is 9.10. The van der Waals surface area contributed by atoms with E-state index in [9.17, 15) is 0 Å². The first-order valence-electron chi connectivity index (χ1n) is 5.99. The summed E-state index contributed by atoms with van der Waals surface area (Å²) in [5.41, 5.74) is 8.26. The van der Waals surface area contributed by atoms with E-state index in [-0.39, 0.29) is 6.04 Å². The molecule has 94 valence electrons. The largest absolute Gasteiger partial charge is 0.375 e. The Kier molecular flexibility index (Phi) is 4.07. The molecule has 2 atom stereocenters. The van der Waals surface area contributed by atoms with Crippen molar-refractivity contribution in [2.24, 2.45) is 5.73 Å². The van der Waals surface area contributed by atoms with E-state index >= 15 is 0 Å². The van der Waals surface area contributed by atoms with Crippen molar-refractivity contribution in [2.45, 2.75) is 26.0 Å². The van der Waals surface area contributed by atoms with Crippen LogP contribution in [0, 0.1) is 0 Å². The maximum atomic E-state index is 5.88. The molecule has 0 aromatic heterocycles. The summed E-state index contributed by atoms with van der Waals surface area (Å²) >= 11 is 3.63. The summed E-state index contributed by atoms with van der Waals surface area (Å²) in [4.78, 5) is 2.35. The molecule has 3 nitrogen and oxygen atoms in total. The van der Waals surface area contributed by atoms with E-state index in [0.29, 0.717) is 6.10 Å². The second kappa shape index (κ2) is 5.38. The molecule has 0 saturated carbocycles. The molecule has 0 aliphatic carbocycles. The van der Waals surface area contributed by atoms with Gasteiger partial charge in [0.05, 0.1) is 18.4 Å². The van der Waals surface area contributed by atoms with Crippen LogP contribution in [0.5, 0.6) is 0 Å². The molecule has 1 aromatic rings. The summed E-state index contributed by atoms with van der Waals surface area (Å²) < 4.78 is 6.67. The highest BCUT2D eigenvalue weighted by atomic mass is 79.9. The van der Waals surface area contributed by atoms with Gasteiger partial charge in [-0.15, -0.1) is 0 Å². The Morgan fingerprint density at radius 1 is 1.53 bits per heavy atom. The average Bonchev–Trinajstić information content (AvgIpc) is 2.28. The fraction of sp³-hybridized carbons (Fsp3) is 0.538. The van der Waals surface area contributed by atoms with Crippen LogP contribution in [0.1, 0.15) is 25.5 Å². The zero-order chi connectivity index (χ0) is 12.4. The lowest BCUT2D eigenvalue weighted by Crippen LogP contribution is -2.41. The number of nitrogens with zero attached hydrogens (tertiary/aromatic N) is 1. The topological polar surface area (TPSA) is 38.5 Å². The second-order valence-electron chi connectivity index (χ2n) is 4.63. The van der Waals surface area contributed by atoms with Gasteiger partial charge in [-0.05, 0) is 47.5 Å². The molecule has 1 aromatic carbocycles. The van der Waals surface area contributed by atoms with Gasteiger partial charge >= 0.3 is 0 Å². The Hall–Kier alpha value is -0.580. The third kappa shape index (κ3) is 3.00. The van der Waals surface area contributed by atoms with Crippen molar-refractivity contribution in [3.63, 3.8) is 0 Å². The van der Waals surface area contributed by atoms with Crippen LogP contribution in [0.2, 0.25) is 0 Å². The van der Waals surface area contributed by atoms with Gasteiger partial charge in [-0.2, -0.15) is 0 Å². The summed E-state index contributed by atoms with van der Waals surface area (Å²) in [6.45, 7) is 6.79. The monoisotopic (exact) mass is 298 g/mol. The zero-order valence-corrected chi connectivity index (χ0v) is 11.9. The van der Waals surface area contributed by atoms with Crippen LogP contribution < -0.4 is 10.6 Å². The molecule has 1 aliphatic rings. The van der Waals surface area contributed by atoms with Crippen molar-refractivity contribution >= 4 is 21.6 Å². The van der Waals surface area contributed by atoms with Crippen molar-refractivity contribution in [1.82, 2.24) is 0 Å². The molecule has 17 heavy (non-hydrogen) atoms. The Morgan fingerprint density at radius 3 is 2.88 bits per heavy atom. The number of anilines is 1. The molecule has 0 bridgehead atoms. The van der Waals surface area contributed by atoms with Crippen LogP contribution in [0.25, 0.3) is 0 Å². The lowest BCUT2D eigenvalue weighted by Gasteiger charge is -2.33. The summed E-state index contributed by atoms with van der Waals surface area (Å²) in [6, 6.07) is 6.43. The quantitative estimate of drug-likeness (QED) is 0.912. The van der Waals surface area contributed by atoms with Crippen LogP contribution in [-0.4, -0.2) is 25.8 Å². The van der Waals surface area contributed by atoms with Gasteiger partial charge in [0.15, 0.2) is 0 Å². The fourth-order valence-electron chi connectivity index (χ4n) is 2.10. The minimum atomic E-state index is 0.0731. The number of morpholine rings is 1. The fourth-order valence-corrected chi connectivity index (χ4v) is 2.75. The van der Waals surface area contributed by atoms with Crippen LogP contribution >= 0.6 is 15.9 Å². The summed E-state index contributed by atoms with van der Waals surface area (Å²) in [6.07, 6.45) is 0.295. The SMILES string of the molecule is CC1CN(c2ccc(C(C)N)cc2Br)CCO1. The molecule has 0 amide bonds. The Morgan fingerprint density at radius 2 is 2.29 bits per heavy atom. The van der Waals surface area contributed by atoms with Gasteiger partial charge in [0.1, 0.15) is 0 Å². The average molecular weight is 299 g/mol. The van der Waals surface area contributed by atoms with Gasteiger partial charge in [0.2, 0.25) is 0 Å². The maximum absolute atomic E-state index is 5.88. The first-order valence-corrected chi connectivity index (χ1v) is 6.79. The molecule has 1 aliphatic heterocycles. The molecular weight excluding hydrogens is 280 g/mol. The van der Waals surface area contributed by atoms with E-state index in [0.717, 1.165) is 29.7 Å². The standard InChI is InChI=1S/C13H19BrN2O/c1-9-8-16(5-6-17-9)13-4-3-11(10(2)15)7-12(13)14/h3-4,7,9-10H,5-6,8,15H2,1-2H3. The molecule has 4 heteroatoms. The molecule has 2 unspecified atom stereocenters. The number of ether oxygens (including phenoxy) is 1. The highest BCUT2D eigenvalue weighted by Gasteiger charge is 2.19. The van der Waals surface area contributed by atoms with E-state index in [2.05, 4.69) is 46.0 Å². The lowest BCUT2D eigenvalue weighted by molar-refractivity contribution is 0.0532. The van der Waals surface area contributed by atoms with E-state index in [1.165, 1.54) is 5.69 Å². The van der Waals surface area contributed by atoms with Gasteiger partial charge in [-0.25, -0.2) is 0 Å².